The summed E-state index contributed by atoms with van der Waals surface area (Å²) in [6.07, 6.45) is 3.70. The molecule has 1 saturated heterocycles. The van der Waals surface area contributed by atoms with Gasteiger partial charge in [-0.05, 0) is 45.0 Å². The second-order valence-electron chi connectivity index (χ2n) is 5.64. The van der Waals surface area contributed by atoms with Crippen LogP contribution in [0.5, 0.6) is 0 Å². The topological polar surface area (TPSA) is 53.7 Å². The lowest BCUT2D eigenvalue weighted by Crippen LogP contribution is -2.29. The summed E-state index contributed by atoms with van der Waals surface area (Å²) >= 11 is 6.19. The number of likely N-dealkylation sites (tertiary alicyclic amines) is 1. The number of fused-ring (bicyclic) bond motifs is 1. The smallest absolute Gasteiger partial charge is 0.372 e. The Morgan fingerprint density at radius 2 is 2.05 bits per heavy atom. The Morgan fingerprint density at radius 3 is 2.71 bits per heavy atom. The van der Waals surface area contributed by atoms with Gasteiger partial charge in [0.2, 0.25) is 5.76 Å². The van der Waals surface area contributed by atoms with Crippen LogP contribution in [-0.2, 0) is 6.54 Å². The highest BCUT2D eigenvalue weighted by molar-refractivity contribution is 6.31. The average Bonchev–Trinajstić information content (AvgIpc) is 2.78. The fourth-order valence-corrected chi connectivity index (χ4v) is 3.27. The standard InChI is InChI=1S/C16H18ClNO3/c1-10-13-8-12(17)7-11(9-18-5-3-2-4-6-18)15(13)21-14(10)16(19)20/h7-8H,2-6,9H2,1H3,(H,19,20). The zero-order valence-corrected chi connectivity index (χ0v) is 12.7. The monoisotopic (exact) mass is 307 g/mol. The van der Waals surface area contributed by atoms with Gasteiger partial charge in [0.15, 0.2) is 0 Å². The van der Waals surface area contributed by atoms with Crippen LogP contribution in [0.1, 0.15) is 40.9 Å². The lowest BCUT2D eigenvalue weighted by Gasteiger charge is -2.26. The molecule has 0 saturated carbocycles. The molecule has 4 nitrogen and oxygen atoms in total. The number of piperidine rings is 1. The van der Waals surface area contributed by atoms with Gasteiger partial charge >= 0.3 is 5.97 Å². The number of aromatic carboxylic acids is 1. The van der Waals surface area contributed by atoms with Gasteiger partial charge in [0.1, 0.15) is 5.58 Å². The van der Waals surface area contributed by atoms with Crippen molar-refractivity contribution in [2.75, 3.05) is 13.1 Å². The van der Waals surface area contributed by atoms with E-state index in [1.807, 2.05) is 6.07 Å². The van der Waals surface area contributed by atoms with Crippen molar-refractivity contribution in [2.45, 2.75) is 32.7 Å². The molecule has 1 aliphatic heterocycles. The van der Waals surface area contributed by atoms with Crippen LogP contribution in [0.3, 0.4) is 0 Å². The quantitative estimate of drug-likeness (QED) is 0.928. The van der Waals surface area contributed by atoms with Crippen LogP contribution >= 0.6 is 11.6 Å². The molecule has 0 amide bonds. The molecule has 21 heavy (non-hydrogen) atoms. The Hall–Kier alpha value is -1.52. The molecule has 5 heteroatoms. The van der Waals surface area contributed by atoms with Gasteiger partial charge < -0.3 is 9.52 Å². The molecule has 3 rings (SSSR count). The molecular formula is C16H18ClNO3. The number of furan rings is 1. The summed E-state index contributed by atoms with van der Waals surface area (Å²) < 4.78 is 5.60. The second-order valence-corrected chi connectivity index (χ2v) is 6.08. The molecule has 0 radical (unpaired) electrons. The van der Waals surface area contributed by atoms with Gasteiger partial charge in [-0.2, -0.15) is 0 Å². The maximum absolute atomic E-state index is 11.2. The summed E-state index contributed by atoms with van der Waals surface area (Å²) in [7, 11) is 0. The molecule has 2 aromatic rings. The Kier molecular flexibility index (Phi) is 3.91. The third-order valence-electron chi connectivity index (χ3n) is 4.12. The van der Waals surface area contributed by atoms with E-state index >= 15 is 0 Å². The number of benzene rings is 1. The maximum Gasteiger partial charge on any atom is 0.372 e. The lowest BCUT2D eigenvalue weighted by molar-refractivity contribution is 0.0664. The first kappa shape index (κ1) is 14.4. The predicted octanol–water partition coefficient (Wildman–Crippen LogP) is 4.08. The first-order chi connectivity index (χ1) is 10.1. The molecule has 1 aromatic heterocycles. The number of nitrogens with zero attached hydrogens (tertiary/aromatic N) is 1. The van der Waals surface area contributed by atoms with Gasteiger partial charge in [-0.25, -0.2) is 4.79 Å². The van der Waals surface area contributed by atoms with E-state index in [-0.39, 0.29) is 5.76 Å². The van der Waals surface area contributed by atoms with E-state index in [0.717, 1.165) is 30.6 Å². The van der Waals surface area contributed by atoms with Gasteiger partial charge in [-0.15, -0.1) is 0 Å². The first-order valence-electron chi connectivity index (χ1n) is 7.23. The minimum atomic E-state index is -1.04. The van der Waals surface area contributed by atoms with Crippen LogP contribution in [-0.4, -0.2) is 29.1 Å². The SMILES string of the molecule is Cc1c(C(=O)O)oc2c(CN3CCCCC3)cc(Cl)cc12. The number of halogens is 1. The van der Waals surface area contributed by atoms with Gasteiger partial charge in [0, 0.05) is 28.1 Å². The van der Waals surface area contributed by atoms with Crippen molar-refractivity contribution in [2.24, 2.45) is 0 Å². The summed E-state index contributed by atoms with van der Waals surface area (Å²) in [4.78, 5) is 13.6. The van der Waals surface area contributed by atoms with E-state index in [2.05, 4.69) is 4.90 Å². The summed E-state index contributed by atoms with van der Waals surface area (Å²) in [5, 5.41) is 10.6. The fraction of sp³-hybridized carbons (Fsp3) is 0.438. The molecule has 0 bridgehead atoms. The highest BCUT2D eigenvalue weighted by Gasteiger charge is 2.21. The molecule has 0 spiro atoms. The van der Waals surface area contributed by atoms with E-state index in [4.69, 9.17) is 16.0 Å². The summed E-state index contributed by atoms with van der Waals surface area (Å²) in [6, 6.07) is 3.66. The van der Waals surface area contributed by atoms with Crippen molar-refractivity contribution < 1.29 is 14.3 Å². The van der Waals surface area contributed by atoms with Crippen LogP contribution in [0.4, 0.5) is 0 Å². The third-order valence-corrected chi connectivity index (χ3v) is 4.33. The Bertz CT molecular complexity index is 686. The number of carboxylic acid groups (broad SMARTS) is 1. The van der Waals surface area contributed by atoms with E-state index in [1.54, 1.807) is 13.0 Å². The van der Waals surface area contributed by atoms with Crippen LogP contribution in [0, 0.1) is 6.92 Å². The Labute approximate surface area is 128 Å². The zero-order chi connectivity index (χ0) is 15.0. The number of aryl methyl sites for hydroxylation is 1. The normalized spacial score (nSPS) is 16.5. The van der Waals surface area contributed by atoms with Crippen LogP contribution in [0.25, 0.3) is 11.0 Å². The molecule has 1 aromatic carbocycles. The van der Waals surface area contributed by atoms with Crippen molar-refractivity contribution >= 4 is 28.5 Å². The highest BCUT2D eigenvalue weighted by atomic mass is 35.5. The van der Waals surface area contributed by atoms with Gasteiger partial charge in [-0.3, -0.25) is 4.90 Å². The van der Waals surface area contributed by atoms with Crippen molar-refractivity contribution in [3.8, 4) is 0 Å². The van der Waals surface area contributed by atoms with Crippen molar-refractivity contribution in [3.63, 3.8) is 0 Å². The summed E-state index contributed by atoms with van der Waals surface area (Å²) in [6.45, 7) is 4.65. The van der Waals surface area contributed by atoms with E-state index < -0.39 is 5.97 Å². The first-order valence-corrected chi connectivity index (χ1v) is 7.61. The fourth-order valence-electron chi connectivity index (χ4n) is 3.03. The van der Waals surface area contributed by atoms with Gasteiger partial charge in [-0.1, -0.05) is 18.0 Å². The summed E-state index contributed by atoms with van der Waals surface area (Å²) in [5.41, 5.74) is 2.26. The molecule has 1 fully saturated rings. The molecule has 0 unspecified atom stereocenters. The van der Waals surface area contributed by atoms with Crippen LogP contribution in [0.15, 0.2) is 16.5 Å². The molecule has 1 N–H and O–H groups in total. The lowest BCUT2D eigenvalue weighted by atomic mass is 10.1. The molecule has 2 heterocycles. The van der Waals surface area contributed by atoms with E-state index in [0.29, 0.717) is 16.2 Å². The van der Waals surface area contributed by atoms with Crippen LogP contribution < -0.4 is 0 Å². The van der Waals surface area contributed by atoms with Crippen molar-refractivity contribution in [1.82, 2.24) is 4.90 Å². The van der Waals surface area contributed by atoms with E-state index in [1.165, 1.54) is 19.3 Å². The van der Waals surface area contributed by atoms with Gasteiger partial charge in [0.25, 0.3) is 0 Å². The maximum atomic E-state index is 11.2. The average molecular weight is 308 g/mol. The second kappa shape index (κ2) is 5.70. The van der Waals surface area contributed by atoms with Crippen LogP contribution in [0.2, 0.25) is 5.02 Å². The number of carbonyl (C=O) groups is 1. The Balaban J connectivity index is 2.04. The zero-order valence-electron chi connectivity index (χ0n) is 12.0. The van der Waals surface area contributed by atoms with Crippen molar-refractivity contribution in [3.05, 3.63) is 34.0 Å². The minimum Gasteiger partial charge on any atom is -0.475 e. The molecule has 0 atom stereocenters. The molecule has 1 aliphatic rings. The Morgan fingerprint density at radius 1 is 1.33 bits per heavy atom. The summed E-state index contributed by atoms with van der Waals surface area (Å²) in [5.74, 6) is -1.03. The number of hydrogen-bond acceptors (Lipinski definition) is 3. The molecular weight excluding hydrogens is 290 g/mol. The number of hydrogen-bond donors (Lipinski definition) is 1. The minimum absolute atomic E-state index is 0.00663. The third kappa shape index (κ3) is 2.78. The van der Waals surface area contributed by atoms with Crippen molar-refractivity contribution in [1.29, 1.82) is 0 Å². The van der Waals surface area contributed by atoms with Gasteiger partial charge in [0.05, 0.1) is 0 Å². The number of carboxylic acids is 1. The molecule has 112 valence electrons. The predicted molar refractivity (Wildman–Crippen MR) is 82.0 cm³/mol. The molecule has 0 aliphatic carbocycles. The van der Waals surface area contributed by atoms with E-state index in [9.17, 15) is 9.90 Å². The number of rotatable bonds is 3. The highest BCUT2D eigenvalue weighted by Crippen LogP contribution is 2.32. The largest absolute Gasteiger partial charge is 0.475 e.